The molecular formula is C13H20FN3. The fourth-order valence-electron chi connectivity index (χ4n) is 2.40. The molecule has 0 spiro atoms. The van der Waals surface area contributed by atoms with Crippen LogP contribution in [0.1, 0.15) is 25.8 Å². The van der Waals surface area contributed by atoms with E-state index in [9.17, 15) is 4.39 Å². The summed E-state index contributed by atoms with van der Waals surface area (Å²) >= 11 is 0. The fourth-order valence-corrected chi connectivity index (χ4v) is 2.40. The molecule has 1 aromatic heterocycles. The van der Waals surface area contributed by atoms with Gasteiger partial charge in [-0.3, -0.25) is 9.88 Å². The maximum absolute atomic E-state index is 13.1. The number of aromatic nitrogens is 1. The molecule has 1 aromatic rings. The molecule has 0 amide bonds. The van der Waals surface area contributed by atoms with Gasteiger partial charge in [-0.1, -0.05) is 6.92 Å². The molecule has 2 heterocycles. The van der Waals surface area contributed by atoms with Crippen LogP contribution in [-0.4, -0.2) is 35.1 Å². The normalized spacial score (nSPS) is 26.1. The van der Waals surface area contributed by atoms with Crippen molar-refractivity contribution in [1.29, 1.82) is 0 Å². The third-order valence-corrected chi connectivity index (χ3v) is 3.35. The Labute approximate surface area is 102 Å². The molecule has 1 aliphatic heterocycles. The first-order chi connectivity index (χ1) is 8.19. The molecule has 4 heteroatoms. The van der Waals surface area contributed by atoms with Gasteiger partial charge >= 0.3 is 0 Å². The summed E-state index contributed by atoms with van der Waals surface area (Å²) in [6, 6.07) is 2.61. The SMILES string of the molecule is CCC1CNC(C)CN1Cc1cncc(F)c1. The van der Waals surface area contributed by atoms with E-state index in [4.69, 9.17) is 0 Å². The Morgan fingerprint density at radius 3 is 3.06 bits per heavy atom. The molecule has 0 bridgehead atoms. The smallest absolute Gasteiger partial charge is 0.141 e. The largest absolute Gasteiger partial charge is 0.311 e. The van der Waals surface area contributed by atoms with Crippen molar-refractivity contribution in [2.45, 2.75) is 38.9 Å². The van der Waals surface area contributed by atoms with E-state index in [1.807, 2.05) is 0 Å². The summed E-state index contributed by atoms with van der Waals surface area (Å²) in [5.74, 6) is -0.251. The first-order valence-electron chi connectivity index (χ1n) is 6.26. The van der Waals surface area contributed by atoms with Crippen LogP contribution in [0.3, 0.4) is 0 Å². The minimum Gasteiger partial charge on any atom is -0.311 e. The van der Waals surface area contributed by atoms with Gasteiger partial charge in [0.15, 0.2) is 0 Å². The average Bonchev–Trinajstić information content (AvgIpc) is 2.29. The van der Waals surface area contributed by atoms with Gasteiger partial charge in [0.2, 0.25) is 0 Å². The van der Waals surface area contributed by atoms with Crippen molar-refractivity contribution in [2.75, 3.05) is 13.1 Å². The van der Waals surface area contributed by atoms with E-state index in [2.05, 4.69) is 29.0 Å². The molecule has 0 aliphatic carbocycles. The highest BCUT2D eigenvalue weighted by molar-refractivity contribution is 5.10. The van der Waals surface area contributed by atoms with Gasteiger partial charge in [0.25, 0.3) is 0 Å². The first-order valence-corrected chi connectivity index (χ1v) is 6.26. The number of nitrogens with zero attached hydrogens (tertiary/aromatic N) is 2. The lowest BCUT2D eigenvalue weighted by molar-refractivity contribution is 0.124. The lowest BCUT2D eigenvalue weighted by atomic mass is 10.1. The Kier molecular flexibility index (Phi) is 4.07. The highest BCUT2D eigenvalue weighted by Crippen LogP contribution is 2.14. The van der Waals surface area contributed by atoms with Gasteiger partial charge in [0, 0.05) is 37.9 Å². The van der Waals surface area contributed by atoms with E-state index in [1.54, 1.807) is 12.3 Å². The van der Waals surface area contributed by atoms with Crippen LogP contribution >= 0.6 is 0 Å². The number of rotatable bonds is 3. The second-order valence-corrected chi connectivity index (χ2v) is 4.81. The quantitative estimate of drug-likeness (QED) is 0.868. The van der Waals surface area contributed by atoms with E-state index >= 15 is 0 Å². The maximum Gasteiger partial charge on any atom is 0.141 e. The Hall–Kier alpha value is -1.00. The summed E-state index contributed by atoms with van der Waals surface area (Å²) in [7, 11) is 0. The van der Waals surface area contributed by atoms with Crippen LogP contribution in [0, 0.1) is 5.82 Å². The van der Waals surface area contributed by atoms with Gasteiger partial charge in [-0.2, -0.15) is 0 Å². The Bertz CT molecular complexity index is 369. The van der Waals surface area contributed by atoms with E-state index in [-0.39, 0.29) is 5.82 Å². The summed E-state index contributed by atoms with van der Waals surface area (Å²) < 4.78 is 13.1. The average molecular weight is 237 g/mol. The zero-order valence-corrected chi connectivity index (χ0v) is 10.5. The lowest BCUT2D eigenvalue weighted by Gasteiger charge is -2.39. The molecule has 1 fully saturated rings. The number of piperazine rings is 1. The molecule has 0 saturated carbocycles. The van der Waals surface area contributed by atoms with Crippen molar-refractivity contribution in [3.63, 3.8) is 0 Å². The number of nitrogens with one attached hydrogen (secondary N) is 1. The van der Waals surface area contributed by atoms with Gasteiger partial charge in [0.05, 0.1) is 6.20 Å². The lowest BCUT2D eigenvalue weighted by Crippen LogP contribution is -2.54. The number of halogens is 1. The van der Waals surface area contributed by atoms with Crippen LogP contribution in [0.15, 0.2) is 18.5 Å². The van der Waals surface area contributed by atoms with Crippen molar-refractivity contribution in [1.82, 2.24) is 15.2 Å². The highest BCUT2D eigenvalue weighted by Gasteiger charge is 2.24. The van der Waals surface area contributed by atoms with Crippen LogP contribution in [0.5, 0.6) is 0 Å². The second-order valence-electron chi connectivity index (χ2n) is 4.81. The van der Waals surface area contributed by atoms with Gasteiger partial charge in [-0.25, -0.2) is 4.39 Å². The topological polar surface area (TPSA) is 28.2 Å². The van der Waals surface area contributed by atoms with Gasteiger partial charge in [-0.15, -0.1) is 0 Å². The molecule has 2 unspecified atom stereocenters. The zero-order chi connectivity index (χ0) is 12.3. The molecule has 2 atom stereocenters. The van der Waals surface area contributed by atoms with Crippen LogP contribution in [0.4, 0.5) is 4.39 Å². The van der Waals surface area contributed by atoms with Crippen LogP contribution in [-0.2, 0) is 6.54 Å². The molecular weight excluding hydrogens is 217 g/mol. The summed E-state index contributed by atoms with van der Waals surface area (Å²) in [6.45, 7) is 7.19. The Balaban J connectivity index is 2.04. The fraction of sp³-hybridized carbons (Fsp3) is 0.615. The summed E-state index contributed by atoms with van der Waals surface area (Å²) in [6.07, 6.45) is 4.12. The summed E-state index contributed by atoms with van der Waals surface area (Å²) in [5, 5.41) is 3.48. The Morgan fingerprint density at radius 2 is 2.35 bits per heavy atom. The van der Waals surface area contributed by atoms with Gasteiger partial charge < -0.3 is 5.32 Å². The molecule has 1 aliphatic rings. The number of hydrogen-bond donors (Lipinski definition) is 1. The number of hydrogen-bond acceptors (Lipinski definition) is 3. The molecule has 3 nitrogen and oxygen atoms in total. The van der Waals surface area contributed by atoms with E-state index in [0.717, 1.165) is 31.6 Å². The van der Waals surface area contributed by atoms with Crippen molar-refractivity contribution < 1.29 is 4.39 Å². The van der Waals surface area contributed by atoms with Crippen LogP contribution < -0.4 is 5.32 Å². The van der Waals surface area contributed by atoms with E-state index < -0.39 is 0 Å². The monoisotopic (exact) mass is 237 g/mol. The molecule has 0 aromatic carbocycles. The van der Waals surface area contributed by atoms with E-state index in [1.165, 1.54) is 6.20 Å². The summed E-state index contributed by atoms with van der Waals surface area (Å²) in [5.41, 5.74) is 0.956. The third-order valence-electron chi connectivity index (χ3n) is 3.35. The minimum absolute atomic E-state index is 0.251. The second kappa shape index (κ2) is 5.56. The van der Waals surface area contributed by atoms with Crippen molar-refractivity contribution >= 4 is 0 Å². The molecule has 2 rings (SSSR count). The van der Waals surface area contributed by atoms with Gasteiger partial charge in [0.1, 0.15) is 5.82 Å². The number of pyridine rings is 1. The Morgan fingerprint density at radius 1 is 1.53 bits per heavy atom. The first kappa shape index (κ1) is 12.5. The molecule has 1 N–H and O–H groups in total. The zero-order valence-electron chi connectivity index (χ0n) is 10.5. The minimum atomic E-state index is -0.251. The maximum atomic E-state index is 13.1. The van der Waals surface area contributed by atoms with Gasteiger partial charge in [-0.05, 0) is 25.0 Å². The van der Waals surface area contributed by atoms with Crippen molar-refractivity contribution in [3.8, 4) is 0 Å². The van der Waals surface area contributed by atoms with Crippen LogP contribution in [0.2, 0.25) is 0 Å². The standard InChI is InChI=1S/C13H20FN3/c1-3-13-7-16-10(2)8-17(13)9-11-4-12(14)6-15-5-11/h4-6,10,13,16H,3,7-9H2,1-2H3. The highest BCUT2D eigenvalue weighted by atomic mass is 19.1. The third kappa shape index (κ3) is 3.23. The predicted molar refractivity (Wildman–Crippen MR) is 66.1 cm³/mol. The molecule has 94 valence electrons. The molecule has 0 radical (unpaired) electrons. The van der Waals surface area contributed by atoms with Crippen LogP contribution in [0.25, 0.3) is 0 Å². The molecule has 1 saturated heterocycles. The molecule has 17 heavy (non-hydrogen) atoms. The predicted octanol–water partition coefficient (Wildman–Crippen LogP) is 1.79. The van der Waals surface area contributed by atoms with E-state index in [0.29, 0.717) is 12.1 Å². The summed E-state index contributed by atoms with van der Waals surface area (Å²) in [4.78, 5) is 6.32. The van der Waals surface area contributed by atoms with Crippen molar-refractivity contribution in [2.24, 2.45) is 0 Å². The van der Waals surface area contributed by atoms with Crippen molar-refractivity contribution in [3.05, 3.63) is 29.8 Å².